The van der Waals surface area contributed by atoms with Gasteiger partial charge in [0.05, 0.1) is 11.5 Å². The third kappa shape index (κ3) is 5.89. The van der Waals surface area contributed by atoms with Crippen LogP contribution >= 0.6 is 0 Å². The molecule has 0 N–H and O–H groups in total. The topological polar surface area (TPSA) is 80.8 Å². The molecule has 0 saturated carbocycles. The maximum Gasteiger partial charge on any atom is 0.331 e. The summed E-state index contributed by atoms with van der Waals surface area (Å²) in [6.45, 7) is 3.25. The molecule has 1 aliphatic rings. The van der Waals surface area contributed by atoms with Gasteiger partial charge in [-0.1, -0.05) is 25.1 Å². The van der Waals surface area contributed by atoms with Gasteiger partial charge in [0.1, 0.15) is 5.82 Å². The van der Waals surface area contributed by atoms with Gasteiger partial charge in [0.25, 0.3) is 5.91 Å². The van der Waals surface area contributed by atoms with Gasteiger partial charge >= 0.3 is 5.97 Å². The second-order valence-electron chi connectivity index (χ2n) is 6.58. The average molecular weight is 397 g/mol. The first kappa shape index (κ1) is 21.1. The lowest BCUT2D eigenvalue weighted by atomic mass is 10.1. The van der Waals surface area contributed by atoms with Gasteiger partial charge in [-0.15, -0.1) is 0 Å². The van der Waals surface area contributed by atoms with Crippen LogP contribution in [0.1, 0.15) is 32.3 Å². The molecule has 1 aromatic rings. The van der Waals surface area contributed by atoms with Gasteiger partial charge in [-0.05, 0) is 31.9 Å². The van der Waals surface area contributed by atoms with Crippen LogP contribution < -0.4 is 0 Å². The number of halogens is 1. The summed E-state index contributed by atoms with van der Waals surface area (Å²) in [5, 5.41) is 0. The molecule has 1 fully saturated rings. The number of sulfone groups is 1. The molecule has 8 heteroatoms. The maximum atomic E-state index is 13.5. The molecule has 2 rings (SSSR count). The minimum atomic E-state index is -3.14. The molecule has 0 aromatic heterocycles. The van der Waals surface area contributed by atoms with E-state index in [2.05, 4.69) is 0 Å². The molecule has 1 amide bonds. The van der Waals surface area contributed by atoms with Crippen LogP contribution in [0.4, 0.5) is 4.39 Å². The summed E-state index contributed by atoms with van der Waals surface area (Å²) in [6.07, 6.45) is 3.38. The number of rotatable bonds is 7. The molecule has 2 atom stereocenters. The summed E-state index contributed by atoms with van der Waals surface area (Å²) in [7, 11) is -3.14. The molecule has 0 spiro atoms. The van der Waals surface area contributed by atoms with Crippen molar-refractivity contribution in [3.8, 4) is 0 Å². The Morgan fingerprint density at radius 1 is 1.37 bits per heavy atom. The van der Waals surface area contributed by atoms with E-state index in [1.54, 1.807) is 6.07 Å². The second-order valence-corrected chi connectivity index (χ2v) is 8.81. The monoisotopic (exact) mass is 397 g/mol. The van der Waals surface area contributed by atoms with Crippen molar-refractivity contribution in [3.63, 3.8) is 0 Å². The molecule has 27 heavy (non-hydrogen) atoms. The number of nitrogens with zero attached hydrogens (tertiary/aromatic N) is 1. The average Bonchev–Trinajstić information content (AvgIpc) is 2.98. The Bertz CT molecular complexity index is 821. The first-order chi connectivity index (χ1) is 12.7. The smallest absolute Gasteiger partial charge is 0.331 e. The zero-order valence-electron chi connectivity index (χ0n) is 15.4. The van der Waals surface area contributed by atoms with Gasteiger partial charge in [-0.3, -0.25) is 4.79 Å². The molecule has 1 saturated heterocycles. The fraction of sp³-hybridized carbons (Fsp3) is 0.474. The largest absolute Gasteiger partial charge is 0.452 e. The standard InChI is InChI=1S/C19H24FNO5S/c1-3-14(2)21(16-10-11-27(24,25)13-16)18(22)12-26-19(23)9-8-15-6-4-5-7-17(15)20/h4-9,14,16H,3,10-13H2,1-2H3/b9-8+/t14-,16+/m1/s1. The van der Waals surface area contributed by atoms with Crippen molar-refractivity contribution in [1.82, 2.24) is 4.90 Å². The molecule has 1 aliphatic heterocycles. The number of benzene rings is 1. The van der Waals surface area contributed by atoms with Gasteiger partial charge in [-0.2, -0.15) is 0 Å². The zero-order chi connectivity index (χ0) is 20.0. The van der Waals surface area contributed by atoms with Crippen LogP contribution in [0.3, 0.4) is 0 Å². The van der Waals surface area contributed by atoms with E-state index in [4.69, 9.17) is 4.74 Å². The summed E-state index contributed by atoms with van der Waals surface area (Å²) in [5.74, 6) is -1.68. The molecule has 0 radical (unpaired) electrons. The van der Waals surface area contributed by atoms with E-state index in [1.165, 1.54) is 29.2 Å². The Morgan fingerprint density at radius 3 is 2.67 bits per heavy atom. The number of carbonyl (C=O) groups is 2. The predicted molar refractivity (Wildman–Crippen MR) is 100 cm³/mol. The minimum Gasteiger partial charge on any atom is -0.452 e. The van der Waals surface area contributed by atoms with Gasteiger partial charge in [0.2, 0.25) is 0 Å². The molecule has 0 aliphatic carbocycles. The molecular weight excluding hydrogens is 373 g/mol. The van der Waals surface area contributed by atoms with E-state index in [1.807, 2.05) is 13.8 Å². The second kappa shape index (κ2) is 9.12. The highest BCUT2D eigenvalue weighted by molar-refractivity contribution is 7.91. The first-order valence-electron chi connectivity index (χ1n) is 8.84. The molecule has 1 aromatic carbocycles. The van der Waals surface area contributed by atoms with Crippen LogP contribution in [0.15, 0.2) is 30.3 Å². The normalized spacial score (nSPS) is 19.7. The number of amides is 1. The molecular formula is C19H24FNO5S. The van der Waals surface area contributed by atoms with Crippen LogP contribution in [0.5, 0.6) is 0 Å². The van der Waals surface area contributed by atoms with E-state index in [-0.39, 0.29) is 23.1 Å². The maximum absolute atomic E-state index is 13.5. The summed E-state index contributed by atoms with van der Waals surface area (Å²) in [4.78, 5) is 25.9. The Balaban J connectivity index is 1.97. The zero-order valence-corrected chi connectivity index (χ0v) is 16.2. The van der Waals surface area contributed by atoms with Crippen LogP contribution in [0.25, 0.3) is 6.08 Å². The molecule has 1 heterocycles. The number of carbonyl (C=O) groups excluding carboxylic acids is 2. The highest BCUT2D eigenvalue weighted by Crippen LogP contribution is 2.21. The molecule has 6 nitrogen and oxygen atoms in total. The number of hydrogen-bond donors (Lipinski definition) is 0. The van der Waals surface area contributed by atoms with E-state index in [9.17, 15) is 22.4 Å². The highest BCUT2D eigenvalue weighted by atomic mass is 32.2. The van der Waals surface area contributed by atoms with Crippen LogP contribution in [-0.4, -0.2) is 55.4 Å². The van der Waals surface area contributed by atoms with E-state index in [0.29, 0.717) is 12.8 Å². The molecule has 0 bridgehead atoms. The quantitative estimate of drug-likeness (QED) is 0.520. The fourth-order valence-corrected chi connectivity index (χ4v) is 4.74. The van der Waals surface area contributed by atoms with Crippen molar-refractivity contribution in [1.29, 1.82) is 0 Å². The Hall–Kier alpha value is -2.22. The van der Waals surface area contributed by atoms with Gasteiger partial charge in [0, 0.05) is 23.7 Å². The van der Waals surface area contributed by atoms with E-state index in [0.717, 1.165) is 6.08 Å². The van der Waals surface area contributed by atoms with Crippen molar-refractivity contribution < 1.29 is 27.1 Å². The lowest BCUT2D eigenvalue weighted by Gasteiger charge is -2.33. The third-order valence-electron chi connectivity index (χ3n) is 4.60. The Labute approximate surface area is 158 Å². The van der Waals surface area contributed by atoms with Crippen molar-refractivity contribution in [2.24, 2.45) is 0 Å². The van der Waals surface area contributed by atoms with Crippen molar-refractivity contribution in [3.05, 3.63) is 41.7 Å². The lowest BCUT2D eigenvalue weighted by Crippen LogP contribution is -2.48. The number of esters is 1. The summed E-state index contributed by atoms with van der Waals surface area (Å²) in [5.41, 5.74) is 0.234. The van der Waals surface area contributed by atoms with Crippen molar-refractivity contribution in [2.45, 2.75) is 38.8 Å². The SMILES string of the molecule is CC[C@@H](C)N(C(=O)COC(=O)/C=C/c1ccccc1F)[C@H]1CCS(=O)(=O)C1. The summed E-state index contributed by atoms with van der Waals surface area (Å²) < 4.78 is 41.9. The minimum absolute atomic E-state index is 0.0586. The Morgan fingerprint density at radius 2 is 2.07 bits per heavy atom. The number of hydrogen-bond acceptors (Lipinski definition) is 5. The predicted octanol–water partition coefficient (Wildman–Crippen LogP) is 2.20. The summed E-state index contributed by atoms with van der Waals surface area (Å²) in [6, 6.07) is 5.39. The van der Waals surface area contributed by atoms with Crippen LogP contribution in [0.2, 0.25) is 0 Å². The number of ether oxygens (including phenoxy) is 1. The molecule has 0 unspecified atom stereocenters. The van der Waals surface area contributed by atoms with E-state index < -0.39 is 40.2 Å². The van der Waals surface area contributed by atoms with Gasteiger partial charge in [-0.25, -0.2) is 17.6 Å². The van der Waals surface area contributed by atoms with Gasteiger partial charge in [0.15, 0.2) is 16.4 Å². The third-order valence-corrected chi connectivity index (χ3v) is 6.35. The molecule has 148 valence electrons. The lowest BCUT2D eigenvalue weighted by molar-refractivity contribution is -0.150. The van der Waals surface area contributed by atoms with E-state index >= 15 is 0 Å². The van der Waals surface area contributed by atoms with Crippen LogP contribution in [0, 0.1) is 5.82 Å². The fourth-order valence-electron chi connectivity index (χ4n) is 3.02. The Kier molecular flexibility index (Phi) is 7.12. The van der Waals surface area contributed by atoms with Gasteiger partial charge < -0.3 is 9.64 Å². The first-order valence-corrected chi connectivity index (χ1v) is 10.7. The van der Waals surface area contributed by atoms with Crippen molar-refractivity contribution >= 4 is 27.8 Å². The highest BCUT2D eigenvalue weighted by Gasteiger charge is 2.36. The van der Waals surface area contributed by atoms with Crippen molar-refractivity contribution in [2.75, 3.05) is 18.1 Å². The van der Waals surface area contributed by atoms with Crippen LogP contribution in [-0.2, 0) is 24.2 Å². The summed E-state index contributed by atoms with van der Waals surface area (Å²) >= 11 is 0.